The molecule has 0 aliphatic carbocycles. The average molecular weight is 641 g/mol. The van der Waals surface area contributed by atoms with E-state index in [-0.39, 0.29) is 16.7 Å². The highest BCUT2D eigenvalue weighted by atomic mass is 79.9. The van der Waals surface area contributed by atoms with Crippen molar-refractivity contribution in [2.75, 3.05) is 0 Å². The van der Waals surface area contributed by atoms with Gasteiger partial charge < -0.3 is 20.4 Å². The van der Waals surface area contributed by atoms with Crippen LogP contribution in [0.5, 0.6) is 17.2 Å². The van der Waals surface area contributed by atoms with Crippen molar-refractivity contribution in [3.05, 3.63) is 34.0 Å². The standard InChI is InChI=1S/C13H5Br5O5/c14-6-5(7(15)9(17)10(18)8(6)16)4-2(13(22)23)1-3(19)11(20)12(4)21/h1,19-21H,(H,22,23). The van der Waals surface area contributed by atoms with Gasteiger partial charge in [0.25, 0.3) is 0 Å². The molecule has 122 valence electrons. The first-order valence-corrected chi connectivity index (χ1v) is 9.59. The number of carboxylic acids is 1. The van der Waals surface area contributed by atoms with E-state index >= 15 is 0 Å². The summed E-state index contributed by atoms with van der Waals surface area (Å²) >= 11 is 16.7. The maximum atomic E-state index is 11.5. The second-order valence-electron chi connectivity index (χ2n) is 4.27. The van der Waals surface area contributed by atoms with Gasteiger partial charge in [0.05, 0.1) is 5.56 Å². The van der Waals surface area contributed by atoms with E-state index in [1.165, 1.54) is 0 Å². The van der Waals surface area contributed by atoms with Gasteiger partial charge in [0, 0.05) is 33.5 Å². The summed E-state index contributed by atoms with van der Waals surface area (Å²) in [5, 5.41) is 38.9. The molecule has 2 aromatic rings. The van der Waals surface area contributed by atoms with E-state index in [4.69, 9.17) is 0 Å². The van der Waals surface area contributed by atoms with Crippen LogP contribution in [0.3, 0.4) is 0 Å². The lowest BCUT2D eigenvalue weighted by molar-refractivity contribution is 0.0696. The van der Waals surface area contributed by atoms with Gasteiger partial charge in [-0.25, -0.2) is 4.79 Å². The summed E-state index contributed by atoms with van der Waals surface area (Å²) in [5.74, 6) is -3.66. The quantitative estimate of drug-likeness (QED) is 0.184. The number of hydrogen-bond donors (Lipinski definition) is 4. The van der Waals surface area contributed by atoms with Crippen molar-refractivity contribution in [2.45, 2.75) is 0 Å². The van der Waals surface area contributed by atoms with Crippen LogP contribution >= 0.6 is 79.6 Å². The third kappa shape index (κ3) is 3.15. The number of phenolic OH excluding ortho intramolecular Hbond substituents is 3. The van der Waals surface area contributed by atoms with E-state index < -0.39 is 23.2 Å². The van der Waals surface area contributed by atoms with Gasteiger partial charge in [0.15, 0.2) is 11.5 Å². The number of carboxylic acid groups (broad SMARTS) is 1. The lowest BCUT2D eigenvalue weighted by Crippen LogP contribution is -2.02. The number of carbonyl (C=O) groups is 1. The van der Waals surface area contributed by atoms with Gasteiger partial charge in [-0.05, 0) is 85.7 Å². The molecule has 0 aliphatic rings. The van der Waals surface area contributed by atoms with Crippen LogP contribution in [0.25, 0.3) is 11.1 Å². The molecule has 0 fully saturated rings. The van der Waals surface area contributed by atoms with E-state index in [1.54, 1.807) is 0 Å². The molecule has 0 saturated heterocycles. The predicted molar refractivity (Wildman–Crippen MR) is 102 cm³/mol. The fraction of sp³-hybridized carbons (Fsp3) is 0. The SMILES string of the molecule is O=C(O)c1cc(O)c(O)c(O)c1-c1c(Br)c(Br)c(Br)c(Br)c1Br. The summed E-state index contributed by atoms with van der Waals surface area (Å²) in [5.41, 5.74) is -0.252. The molecular weight excluding hydrogens is 636 g/mol. The number of rotatable bonds is 2. The Bertz CT molecular complexity index is 821. The van der Waals surface area contributed by atoms with E-state index in [1.807, 2.05) is 0 Å². The van der Waals surface area contributed by atoms with Crippen LogP contribution in [0.4, 0.5) is 0 Å². The third-order valence-corrected chi connectivity index (χ3v) is 9.04. The summed E-state index contributed by atoms with van der Waals surface area (Å²) < 4.78 is 2.64. The number of halogens is 5. The van der Waals surface area contributed by atoms with Crippen LogP contribution in [0, 0.1) is 0 Å². The topological polar surface area (TPSA) is 98.0 Å². The minimum absolute atomic E-state index is 0.152. The minimum atomic E-state index is -1.38. The van der Waals surface area contributed by atoms with Crippen molar-refractivity contribution >= 4 is 85.6 Å². The molecule has 0 aromatic heterocycles. The molecular formula is C13H5Br5O5. The molecule has 5 nitrogen and oxygen atoms in total. The summed E-state index contributed by atoms with van der Waals surface area (Å²) in [7, 11) is 0. The maximum absolute atomic E-state index is 11.5. The smallest absolute Gasteiger partial charge is 0.336 e. The van der Waals surface area contributed by atoms with Crippen molar-refractivity contribution in [3.8, 4) is 28.4 Å². The molecule has 0 bridgehead atoms. The maximum Gasteiger partial charge on any atom is 0.336 e. The Balaban J connectivity index is 3.05. The fourth-order valence-electron chi connectivity index (χ4n) is 1.89. The first-order chi connectivity index (χ1) is 10.6. The lowest BCUT2D eigenvalue weighted by atomic mass is 9.97. The van der Waals surface area contributed by atoms with Gasteiger partial charge in [-0.2, -0.15) is 0 Å². The number of aromatic hydroxyl groups is 3. The molecule has 0 saturated carbocycles. The molecule has 0 atom stereocenters. The van der Waals surface area contributed by atoms with E-state index in [2.05, 4.69) is 79.6 Å². The highest BCUT2D eigenvalue weighted by Crippen LogP contribution is 2.53. The largest absolute Gasteiger partial charge is 0.504 e. The highest BCUT2D eigenvalue weighted by Gasteiger charge is 2.28. The van der Waals surface area contributed by atoms with Crippen LogP contribution in [0.2, 0.25) is 0 Å². The summed E-state index contributed by atoms with van der Waals surface area (Å²) in [6.07, 6.45) is 0. The molecule has 0 spiro atoms. The Morgan fingerprint density at radius 3 is 1.61 bits per heavy atom. The number of hydrogen-bond acceptors (Lipinski definition) is 4. The first-order valence-electron chi connectivity index (χ1n) is 5.62. The molecule has 4 N–H and O–H groups in total. The minimum Gasteiger partial charge on any atom is -0.504 e. The Morgan fingerprint density at radius 2 is 1.17 bits per heavy atom. The zero-order valence-electron chi connectivity index (χ0n) is 10.7. The number of phenols is 3. The van der Waals surface area contributed by atoms with Crippen LogP contribution < -0.4 is 0 Å². The zero-order chi connectivity index (χ0) is 17.6. The van der Waals surface area contributed by atoms with Gasteiger partial charge in [-0.1, -0.05) is 0 Å². The second kappa shape index (κ2) is 6.91. The summed E-state index contributed by atoms with van der Waals surface area (Å²) in [4.78, 5) is 11.5. The Labute approximate surface area is 172 Å². The van der Waals surface area contributed by atoms with Gasteiger partial charge in [-0.3, -0.25) is 0 Å². The first kappa shape index (κ1) is 19.0. The fourth-order valence-corrected chi connectivity index (χ4v) is 5.33. The summed E-state index contributed by atoms with van der Waals surface area (Å²) in [6, 6.07) is 0.870. The zero-order valence-corrected chi connectivity index (χ0v) is 18.6. The monoisotopic (exact) mass is 636 g/mol. The Kier molecular flexibility index (Phi) is 5.72. The molecule has 0 unspecified atom stereocenters. The van der Waals surface area contributed by atoms with Crippen LogP contribution in [-0.4, -0.2) is 26.4 Å². The second-order valence-corrected chi connectivity index (χ2v) is 8.23. The van der Waals surface area contributed by atoms with Crippen molar-refractivity contribution in [1.82, 2.24) is 0 Å². The summed E-state index contributed by atoms with van der Waals surface area (Å²) in [6.45, 7) is 0. The van der Waals surface area contributed by atoms with Crippen LogP contribution in [-0.2, 0) is 0 Å². The van der Waals surface area contributed by atoms with E-state index in [9.17, 15) is 25.2 Å². The molecule has 0 radical (unpaired) electrons. The number of benzene rings is 2. The normalized spacial score (nSPS) is 10.8. The average Bonchev–Trinajstić information content (AvgIpc) is 2.50. The van der Waals surface area contributed by atoms with Gasteiger partial charge >= 0.3 is 5.97 Å². The molecule has 0 aliphatic heterocycles. The van der Waals surface area contributed by atoms with E-state index in [0.29, 0.717) is 22.4 Å². The van der Waals surface area contributed by atoms with Crippen molar-refractivity contribution in [2.24, 2.45) is 0 Å². The number of aromatic carboxylic acids is 1. The molecule has 2 aromatic carbocycles. The predicted octanol–water partition coefficient (Wildman–Crippen LogP) is 5.98. The molecule has 10 heteroatoms. The van der Waals surface area contributed by atoms with Gasteiger partial charge in [-0.15, -0.1) is 0 Å². The molecule has 0 amide bonds. The van der Waals surface area contributed by atoms with Crippen molar-refractivity contribution < 1.29 is 25.2 Å². The Hall–Kier alpha value is -0.290. The van der Waals surface area contributed by atoms with Crippen molar-refractivity contribution in [1.29, 1.82) is 0 Å². The van der Waals surface area contributed by atoms with Crippen molar-refractivity contribution in [3.63, 3.8) is 0 Å². The Morgan fingerprint density at radius 1 is 0.739 bits per heavy atom. The van der Waals surface area contributed by atoms with Crippen LogP contribution in [0.15, 0.2) is 28.4 Å². The van der Waals surface area contributed by atoms with Crippen LogP contribution in [0.1, 0.15) is 10.4 Å². The lowest BCUT2D eigenvalue weighted by Gasteiger charge is -2.17. The van der Waals surface area contributed by atoms with E-state index in [0.717, 1.165) is 6.07 Å². The molecule has 0 heterocycles. The van der Waals surface area contributed by atoms with Gasteiger partial charge in [0.1, 0.15) is 0 Å². The third-order valence-electron chi connectivity index (χ3n) is 2.94. The molecule has 23 heavy (non-hydrogen) atoms. The van der Waals surface area contributed by atoms with Gasteiger partial charge in [0.2, 0.25) is 5.75 Å². The molecule has 2 rings (SSSR count). The highest BCUT2D eigenvalue weighted by molar-refractivity contribution is 9.15.